The van der Waals surface area contributed by atoms with E-state index in [1.807, 2.05) is 13.8 Å². The quantitative estimate of drug-likeness (QED) is 0.697. The molecule has 1 rings (SSSR count). The van der Waals surface area contributed by atoms with Crippen molar-refractivity contribution >= 4 is 5.78 Å². The van der Waals surface area contributed by atoms with Gasteiger partial charge in [0.05, 0.1) is 13.3 Å². The summed E-state index contributed by atoms with van der Waals surface area (Å²) in [6, 6.07) is 1.74. The maximum atomic E-state index is 12.0. The van der Waals surface area contributed by atoms with Gasteiger partial charge in [-0.15, -0.1) is 0 Å². The summed E-state index contributed by atoms with van der Waals surface area (Å²) in [4.78, 5) is 16.0. The van der Waals surface area contributed by atoms with Gasteiger partial charge in [0.25, 0.3) is 0 Å². The molecule has 0 fully saturated rings. The Hall–Kier alpha value is -1.38. The molecule has 1 heterocycles. The third-order valence-electron chi connectivity index (χ3n) is 2.59. The Bertz CT molecular complexity index is 332. The molecule has 0 aromatic carbocycles. The van der Waals surface area contributed by atoms with E-state index in [-0.39, 0.29) is 11.7 Å². The number of ketones is 1. The van der Waals surface area contributed by atoms with Gasteiger partial charge in [-0.05, 0) is 18.9 Å². The van der Waals surface area contributed by atoms with Crippen molar-refractivity contribution in [3.8, 4) is 5.75 Å². The third-order valence-corrected chi connectivity index (χ3v) is 2.59. The Labute approximate surface area is 90.5 Å². The number of nitrogens with zero attached hydrogens (tertiary/aromatic N) is 1. The number of hydrogen-bond donors (Lipinski definition) is 0. The zero-order valence-electron chi connectivity index (χ0n) is 9.49. The summed E-state index contributed by atoms with van der Waals surface area (Å²) in [5.74, 6) is 0.886. The van der Waals surface area contributed by atoms with Crippen LogP contribution < -0.4 is 4.74 Å². The van der Waals surface area contributed by atoms with Gasteiger partial charge >= 0.3 is 0 Å². The number of pyridine rings is 1. The highest BCUT2D eigenvalue weighted by Crippen LogP contribution is 2.18. The topological polar surface area (TPSA) is 39.2 Å². The van der Waals surface area contributed by atoms with Crippen LogP contribution in [0, 0.1) is 5.92 Å². The van der Waals surface area contributed by atoms with Crippen molar-refractivity contribution < 1.29 is 9.53 Å². The monoisotopic (exact) mass is 207 g/mol. The molecule has 0 aliphatic carbocycles. The summed E-state index contributed by atoms with van der Waals surface area (Å²) in [5.41, 5.74) is 0.642. The van der Waals surface area contributed by atoms with Crippen LogP contribution in [0.4, 0.5) is 0 Å². The normalized spacial score (nSPS) is 10.4. The number of rotatable bonds is 5. The minimum atomic E-state index is 0.0962. The number of aromatic nitrogens is 1. The number of methoxy groups -OCH3 is 1. The van der Waals surface area contributed by atoms with Crippen LogP contribution in [0.3, 0.4) is 0 Å². The fourth-order valence-electron chi connectivity index (χ4n) is 1.56. The van der Waals surface area contributed by atoms with E-state index in [0.717, 1.165) is 12.8 Å². The minimum Gasteiger partial charge on any atom is -0.495 e. The van der Waals surface area contributed by atoms with Gasteiger partial charge in [-0.2, -0.15) is 0 Å². The second-order valence-corrected chi connectivity index (χ2v) is 3.49. The summed E-state index contributed by atoms with van der Waals surface area (Å²) in [5, 5.41) is 0. The second kappa shape index (κ2) is 5.49. The Morgan fingerprint density at radius 2 is 2.07 bits per heavy atom. The second-order valence-electron chi connectivity index (χ2n) is 3.49. The van der Waals surface area contributed by atoms with Crippen LogP contribution in [0.1, 0.15) is 37.0 Å². The van der Waals surface area contributed by atoms with Crippen molar-refractivity contribution in [3.63, 3.8) is 0 Å². The van der Waals surface area contributed by atoms with Crippen molar-refractivity contribution in [1.82, 2.24) is 4.98 Å². The molecular weight excluding hydrogens is 190 g/mol. The maximum absolute atomic E-state index is 12.0. The van der Waals surface area contributed by atoms with Gasteiger partial charge in [0.2, 0.25) is 0 Å². The van der Waals surface area contributed by atoms with Crippen molar-refractivity contribution in [3.05, 3.63) is 24.0 Å². The molecule has 0 atom stereocenters. The molecule has 0 amide bonds. The molecule has 1 aromatic heterocycles. The van der Waals surface area contributed by atoms with E-state index < -0.39 is 0 Å². The van der Waals surface area contributed by atoms with Crippen LogP contribution in [-0.2, 0) is 0 Å². The lowest BCUT2D eigenvalue weighted by molar-refractivity contribution is 0.0912. The summed E-state index contributed by atoms with van der Waals surface area (Å²) in [6.45, 7) is 4.05. The number of carbonyl (C=O) groups excluding carboxylic acids is 1. The zero-order chi connectivity index (χ0) is 11.3. The lowest BCUT2D eigenvalue weighted by Crippen LogP contribution is -2.13. The molecule has 0 spiro atoms. The van der Waals surface area contributed by atoms with Crippen LogP contribution in [0.15, 0.2) is 18.5 Å². The zero-order valence-corrected chi connectivity index (χ0v) is 9.49. The van der Waals surface area contributed by atoms with Gasteiger partial charge in [-0.1, -0.05) is 13.8 Å². The van der Waals surface area contributed by atoms with Gasteiger partial charge < -0.3 is 4.74 Å². The molecule has 0 saturated heterocycles. The lowest BCUT2D eigenvalue weighted by Gasteiger charge is -2.11. The van der Waals surface area contributed by atoms with Gasteiger partial charge in [-0.25, -0.2) is 0 Å². The first-order valence-corrected chi connectivity index (χ1v) is 5.26. The lowest BCUT2D eigenvalue weighted by atomic mass is 9.94. The number of ether oxygens (including phenoxy) is 1. The van der Waals surface area contributed by atoms with E-state index >= 15 is 0 Å². The third kappa shape index (κ3) is 2.78. The Morgan fingerprint density at radius 1 is 1.40 bits per heavy atom. The van der Waals surface area contributed by atoms with Crippen molar-refractivity contribution in [2.75, 3.05) is 7.11 Å². The summed E-state index contributed by atoms with van der Waals surface area (Å²) in [7, 11) is 1.57. The Balaban J connectivity index is 2.90. The van der Waals surface area contributed by atoms with E-state index in [4.69, 9.17) is 4.74 Å². The molecular formula is C12H17NO2. The molecule has 0 aliphatic heterocycles. The largest absolute Gasteiger partial charge is 0.495 e. The van der Waals surface area contributed by atoms with E-state index in [9.17, 15) is 4.79 Å². The SMILES string of the molecule is CCC(CC)C(=O)c1cncc(OC)c1. The Kier molecular flexibility index (Phi) is 4.28. The highest BCUT2D eigenvalue weighted by Gasteiger charge is 2.16. The van der Waals surface area contributed by atoms with E-state index in [1.165, 1.54) is 0 Å². The first-order valence-electron chi connectivity index (χ1n) is 5.26. The van der Waals surface area contributed by atoms with Gasteiger partial charge in [0.1, 0.15) is 5.75 Å². The van der Waals surface area contributed by atoms with Gasteiger partial charge in [0, 0.05) is 17.7 Å². The number of hydrogen-bond acceptors (Lipinski definition) is 3. The van der Waals surface area contributed by atoms with Crippen LogP contribution in [-0.4, -0.2) is 17.9 Å². The highest BCUT2D eigenvalue weighted by molar-refractivity contribution is 5.97. The molecule has 3 nitrogen and oxygen atoms in total. The summed E-state index contributed by atoms with van der Waals surface area (Å²) >= 11 is 0. The van der Waals surface area contributed by atoms with Crippen LogP contribution >= 0.6 is 0 Å². The average molecular weight is 207 g/mol. The van der Waals surface area contributed by atoms with E-state index in [2.05, 4.69) is 4.98 Å². The molecule has 15 heavy (non-hydrogen) atoms. The number of carbonyl (C=O) groups is 1. The summed E-state index contributed by atoms with van der Waals surface area (Å²) < 4.78 is 5.04. The molecule has 0 saturated carbocycles. The fourth-order valence-corrected chi connectivity index (χ4v) is 1.56. The Morgan fingerprint density at radius 3 is 2.60 bits per heavy atom. The molecule has 0 N–H and O–H groups in total. The molecule has 0 radical (unpaired) electrons. The molecule has 82 valence electrons. The fraction of sp³-hybridized carbons (Fsp3) is 0.500. The van der Waals surface area contributed by atoms with Crippen LogP contribution in [0.2, 0.25) is 0 Å². The smallest absolute Gasteiger partial charge is 0.167 e. The maximum Gasteiger partial charge on any atom is 0.167 e. The van der Waals surface area contributed by atoms with E-state index in [1.54, 1.807) is 25.6 Å². The first kappa shape index (κ1) is 11.7. The molecule has 1 aromatic rings. The van der Waals surface area contributed by atoms with E-state index in [0.29, 0.717) is 11.3 Å². The van der Waals surface area contributed by atoms with Crippen molar-refractivity contribution in [2.24, 2.45) is 5.92 Å². The van der Waals surface area contributed by atoms with Crippen molar-refractivity contribution in [1.29, 1.82) is 0 Å². The van der Waals surface area contributed by atoms with Crippen LogP contribution in [0.5, 0.6) is 5.75 Å². The predicted octanol–water partition coefficient (Wildman–Crippen LogP) is 2.71. The summed E-state index contributed by atoms with van der Waals surface area (Å²) in [6.07, 6.45) is 4.94. The standard InChI is InChI=1S/C12H17NO2/c1-4-9(5-2)12(14)10-6-11(15-3)8-13-7-10/h6-9H,4-5H2,1-3H3. The molecule has 0 aliphatic rings. The highest BCUT2D eigenvalue weighted by atomic mass is 16.5. The molecule has 0 bridgehead atoms. The minimum absolute atomic E-state index is 0.0962. The number of Topliss-reactive ketones (excluding diaryl/α,β-unsaturated/α-hetero) is 1. The average Bonchev–Trinajstić information content (AvgIpc) is 2.30. The van der Waals surface area contributed by atoms with Gasteiger partial charge in [-0.3, -0.25) is 9.78 Å². The van der Waals surface area contributed by atoms with Crippen molar-refractivity contribution in [2.45, 2.75) is 26.7 Å². The van der Waals surface area contributed by atoms with Gasteiger partial charge in [0.15, 0.2) is 5.78 Å². The molecule has 0 unspecified atom stereocenters. The van der Waals surface area contributed by atoms with Crippen LogP contribution in [0.25, 0.3) is 0 Å². The molecule has 3 heteroatoms. The predicted molar refractivity (Wildman–Crippen MR) is 59.2 cm³/mol. The first-order chi connectivity index (χ1) is 7.22.